The molecular formula is C18H27FN2O. The van der Waals surface area contributed by atoms with Crippen molar-refractivity contribution in [3.8, 4) is 0 Å². The number of benzene rings is 1. The average Bonchev–Trinajstić information content (AvgIpc) is 2.83. The van der Waals surface area contributed by atoms with Gasteiger partial charge in [-0.1, -0.05) is 32.0 Å². The van der Waals surface area contributed by atoms with Crippen molar-refractivity contribution in [2.75, 3.05) is 13.1 Å². The summed E-state index contributed by atoms with van der Waals surface area (Å²) in [6, 6.07) is 7.19. The molecule has 0 radical (unpaired) electrons. The molecule has 1 atom stereocenters. The molecule has 0 bridgehead atoms. The van der Waals surface area contributed by atoms with Gasteiger partial charge >= 0.3 is 0 Å². The third-order valence-electron chi connectivity index (χ3n) is 4.33. The quantitative estimate of drug-likeness (QED) is 0.747. The predicted molar refractivity (Wildman–Crippen MR) is 86.9 cm³/mol. The number of rotatable bonds is 8. The topological polar surface area (TPSA) is 32.3 Å². The summed E-state index contributed by atoms with van der Waals surface area (Å²) in [4.78, 5) is 14.0. The van der Waals surface area contributed by atoms with E-state index in [1.54, 1.807) is 12.1 Å². The zero-order valence-electron chi connectivity index (χ0n) is 13.6. The zero-order valence-corrected chi connectivity index (χ0v) is 13.6. The van der Waals surface area contributed by atoms with Gasteiger partial charge < -0.3 is 10.2 Å². The van der Waals surface area contributed by atoms with Gasteiger partial charge in [-0.3, -0.25) is 4.79 Å². The molecule has 1 aliphatic heterocycles. The van der Waals surface area contributed by atoms with Gasteiger partial charge in [0.25, 0.3) is 0 Å². The summed E-state index contributed by atoms with van der Waals surface area (Å²) in [5, 5.41) is 3.29. The number of hydrogen-bond donors (Lipinski definition) is 1. The largest absolute Gasteiger partial charge is 0.340 e. The second-order valence-electron chi connectivity index (χ2n) is 6.52. The summed E-state index contributed by atoms with van der Waals surface area (Å²) in [6.45, 7) is 6.59. The van der Waals surface area contributed by atoms with Crippen molar-refractivity contribution < 1.29 is 9.18 Å². The summed E-state index contributed by atoms with van der Waals surface area (Å²) < 4.78 is 13.5. The molecule has 1 aromatic rings. The van der Waals surface area contributed by atoms with Crippen LogP contribution in [0.4, 0.5) is 4.39 Å². The maximum absolute atomic E-state index is 13.5. The Morgan fingerprint density at radius 2 is 2.14 bits per heavy atom. The summed E-state index contributed by atoms with van der Waals surface area (Å²) in [6.07, 6.45) is 3.64. The van der Waals surface area contributed by atoms with Crippen LogP contribution in [0.2, 0.25) is 0 Å². The molecule has 22 heavy (non-hydrogen) atoms. The molecule has 1 heterocycles. The highest BCUT2D eigenvalue weighted by atomic mass is 19.1. The second-order valence-corrected chi connectivity index (χ2v) is 6.52. The van der Waals surface area contributed by atoms with Crippen molar-refractivity contribution in [3.05, 3.63) is 35.6 Å². The first kappa shape index (κ1) is 16.9. The van der Waals surface area contributed by atoms with Gasteiger partial charge in [-0.2, -0.15) is 0 Å². The van der Waals surface area contributed by atoms with Crippen LogP contribution < -0.4 is 5.32 Å². The van der Waals surface area contributed by atoms with Crippen molar-refractivity contribution >= 4 is 5.91 Å². The van der Waals surface area contributed by atoms with E-state index in [1.165, 1.54) is 6.07 Å². The fraction of sp³-hybridized carbons (Fsp3) is 0.611. The van der Waals surface area contributed by atoms with Crippen LogP contribution in [0.15, 0.2) is 24.3 Å². The van der Waals surface area contributed by atoms with Gasteiger partial charge in [0.15, 0.2) is 0 Å². The van der Waals surface area contributed by atoms with Gasteiger partial charge in [0, 0.05) is 31.1 Å². The molecular weight excluding hydrogens is 279 g/mol. The van der Waals surface area contributed by atoms with Crippen molar-refractivity contribution in [2.24, 2.45) is 5.92 Å². The first-order valence-electron chi connectivity index (χ1n) is 8.31. The third kappa shape index (κ3) is 4.80. The lowest BCUT2D eigenvalue weighted by Crippen LogP contribution is -2.36. The Morgan fingerprint density at radius 1 is 1.36 bits per heavy atom. The Kier molecular flexibility index (Phi) is 6.37. The number of amides is 1. The van der Waals surface area contributed by atoms with Gasteiger partial charge in [0.05, 0.1) is 0 Å². The fourth-order valence-electron chi connectivity index (χ4n) is 2.93. The number of halogens is 1. The van der Waals surface area contributed by atoms with E-state index in [0.29, 0.717) is 36.4 Å². The van der Waals surface area contributed by atoms with Crippen molar-refractivity contribution in [1.82, 2.24) is 10.2 Å². The average molecular weight is 306 g/mol. The number of hydrogen-bond acceptors (Lipinski definition) is 2. The van der Waals surface area contributed by atoms with Crippen LogP contribution >= 0.6 is 0 Å². The third-order valence-corrected chi connectivity index (χ3v) is 4.33. The van der Waals surface area contributed by atoms with E-state index in [2.05, 4.69) is 19.2 Å². The molecule has 1 unspecified atom stereocenters. The summed E-state index contributed by atoms with van der Waals surface area (Å²) >= 11 is 0. The first-order valence-corrected chi connectivity index (χ1v) is 8.31. The van der Waals surface area contributed by atoms with Crippen LogP contribution in [0.5, 0.6) is 0 Å². The Labute approximate surface area is 132 Å². The highest BCUT2D eigenvalue weighted by molar-refractivity contribution is 5.78. The van der Waals surface area contributed by atoms with Crippen LogP contribution in [-0.2, 0) is 11.3 Å². The molecule has 1 fully saturated rings. The Morgan fingerprint density at radius 3 is 2.86 bits per heavy atom. The normalized spacial score (nSPS) is 18.5. The van der Waals surface area contributed by atoms with E-state index in [9.17, 15) is 9.18 Å². The Hall–Kier alpha value is -1.42. The molecule has 0 spiro atoms. The van der Waals surface area contributed by atoms with E-state index in [1.807, 2.05) is 11.0 Å². The second kappa shape index (κ2) is 8.28. The SMILES string of the molecule is CC(C)CCN1C(=O)CCC1CCNCc1ccccc1F. The van der Waals surface area contributed by atoms with Crippen molar-refractivity contribution in [2.45, 2.75) is 52.1 Å². The maximum Gasteiger partial charge on any atom is 0.222 e. The lowest BCUT2D eigenvalue weighted by molar-refractivity contribution is -0.129. The van der Waals surface area contributed by atoms with E-state index in [-0.39, 0.29) is 5.82 Å². The lowest BCUT2D eigenvalue weighted by atomic mass is 10.1. The van der Waals surface area contributed by atoms with E-state index in [0.717, 1.165) is 32.4 Å². The minimum atomic E-state index is -0.162. The molecule has 2 rings (SSSR count). The standard InChI is InChI=1S/C18H27FN2O/c1-14(2)10-12-21-16(7-8-18(21)22)9-11-20-13-15-5-3-4-6-17(15)19/h3-6,14,16,20H,7-13H2,1-2H3. The highest BCUT2D eigenvalue weighted by Gasteiger charge is 2.29. The van der Waals surface area contributed by atoms with Crippen molar-refractivity contribution in [1.29, 1.82) is 0 Å². The molecule has 1 amide bonds. The van der Waals surface area contributed by atoms with Crippen LogP contribution in [0.25, 0.3) is 0 Å². The minimum Gasteiger partial charge on any atom is -0.340 e. The number of likely N-dealkylation sites (tertiary alicyclic amines) is 1. The molecule has 0 aliphatic carbocycles. The van der Waals surface area contributed by atoms with E-state index >= 15 is 0 Å². The number of nitrogens with zero attached hydrogens (tertiary/aromatic N) is 1. The van der Waals surface area contributed by atoms with Crippen LogP contribution in [0.1, 0.15) is 45.1 Å². The number of carbonyl (C=O) groups is 1. The van der Waals surface area contributed by atoms with Crippen molar-refractivity contribution in [3.63, 3.8) is 0 Å². The molecule has 122 valence electrons. The van der Waals surface area contributed by atoms with Gasteiger partial charge in [-0.15, -0.1) is 0 Å². The molecule has 4 heteroatoms. The zero-order chi connectivity index (χ0) is 15.9. The van der Waals surface area contributed by atoms with E-state index in [4.69, 9.17) is 0 Å². The first-order chi connectivity index (χ1) is 10.6. The maximum atomic E-state index is 13.5. The molecule has 1 aliphatic rings. The van der Waals surface area contributed by atoms with Gasteiger partial charge in [-0.05, 0) is 37.8 Å². The monoisotopic (exact) mass is 306 g/mol. The molecule has 3 nitrogen and oxygen atoms in total. The smallest absolute Gasteiger partial charge is 0.222 e. The summed E-state index contributed by atoms with van der Waals surface area (Å²) in [5.41, 5.74) is 0.696. The summed E-state index contributed by atoms with van der Waals surface area (Å²) in [5.74, 6) is 0.748. The molecule has 1 N–H and O–H groups in total. The van der Waals surface area contributed by atoms with Gasteiger partial charge in [0.2, 0.25) is 5.91 Å². The van der Waals surface area contributed by atoms with Crippen LogP contribution in [0.3, 0.4) is 0 Å². The molecule has 0 saturated carbocycles. The van der Waals surface area contributed by atoms with E-state index < -0.39 is 0 Å². The Balaban J connectivity index is 1.73. The minimum absolute atomic E-state index is 0.162. The number of nitrogens with one attached hydrogen (secondary N) is 1. The lowest BCUT2D eigenvalue weighted by Gasteiger charge is -2.25. The van der Waals surface area contributed by atoms with Crippen LogP contribution in [0, 0.1) is 11.7 Å². The summed E-state index contributed by atoms with van der Waals surface area (Å²) in [7, 11) is 0. The number of carbonyl (C=O) groups excluding carboxylic acids is 1. The molecule has 0 aromatic heterocycles. The molecule has 1 saturated heterocycles. The fourth-order valence-corrected chi connectivity index (χ4v) is 2.93. The van der Waals surface area contributed by atoms with Crippen LogP contribution in [-0.4, -0.2) is 29.9 Å². The predicted octanol–water partition coefficient (Wildman–Crippen LogP) is 3.34. The van der Waals surface area contributed by atoms with Gasteiger partial charge in [-0.25, -0.2) is 4.39 Å². The Bertz CT molecular complexity index is 490. The van der Waals surface area contributed by atoms with Gasteiger partial charge in [0.1, 0.15) is 5.82 Å². The highest BCUT2D eigenvalue weighted by Crippen LogP contribution is 2.22. The molecule has 1 aromatic carbocycles.